The van der Waals surface area contributed by atoms with Crippen molar-refractivity contribution < 1.29 is 4.79 Å². The highest BCUT2D eigenvalue weighted by atomic mass is 16.1. The molecule has 0 amide bonds. The molecule has 0 radical (unpaired) electrons. The predicted octanol–water partition coefficient (Wildman–Crippen LogP) is 3.01. The Kier molecular flexibility index (Phi) is 2.57. The first-order valence-electron chi connectivity index (χ1n) is 6.81. The summed E-state index contributed by atoms with van der Waals surface area (Å²) in [6.45, 7) is 15.5. The summed E-state index contributed by atoms with van der Waals surface area (Å²) in [5.41, 5.74) is 0.238. The van der Waals surface area contributed by atoms with Crippen LogP contribution in [0.5, 0.6) is 0 Å². The summed E-state index contributed by atoms with van der Waals surface area (Å²) in [5.74, 6) is 1.35. The van der Waals surface area contributed by atoms with Crippen LogP contribution in [0, 0.1) is 22.7 Å². The number of hydrogen-bond acceptors (Lipinski definition) is 2. The lowest BCUT2D eigenvalue weighted by Gasteiger charge is -2.37. The number of Topliss-reactive ketones (excluding diaryl/α,β-unsaturated/α-hetero) is 1. The molecule has 1 N–H and O–H groups in total. The molecule has 0 aromatic rings. The quantitative estimate of drug-likeness (QED) is 0.759. The number of nitrogens with one attached hydrogen (secondary N) is 1. The zero-order chi connectivity index (χ0) is 13.2. The molecule has 1 heterocycles. The van der Waals surface area contributed by atoms with Crippen LogP contribution < -0.4 is 5.32 Å². The Balaban J connectivity index is 2.51. The number of carbonyl (C=O) groups is 1. The molecule has 4 unspecified atom stereocenters. The molecule has 0 aromatic heterocycles. The molecule has 0 spiro atoms. The van der Waals surface area contributed by atoms with Gasteiger partial charge in [-0.05, 0) is 49.9 Å². The molecule has 2 fully saturated rings. The summed E-state index contributed by atoms with van der Waals surface area (Å²) in [4.78, 5) is 12.1. The van der Waals surface area contributed by atoms with Crippen LogP contribution in [0.3, 0.4) is 0 Å². The number of ketones is 1. The third kappa shape index (κ3) is 1.60. The molecule has 17 heavy (non-hydrogen) atoms. The van der Waals surface area contributed by atoms with Gasteiger partial charge in [-0.15, -0.1) is 0 Å². The van der Waals surface area contributed by atoms with E-state index < -0.39 is 0 Å². The topological polar surface area (TPSA) is 29.1 Å². The van der Waals surface area contributed by atoms with Gasteiger partial charge in [-0.1, -0.05) is 27.7 Å². The van der Waals surface area contributed by atoms with Crippen molar-refractivity contribution >= 4 is 5.78 Å². The highest BCUT2D eigenvalue weighted by Gasteiger charge is 2.65. The lowest BCUT2D eigenvalue weighted by molar-refractivity contribution is -0.125. The largest absolute Gasteiger partial charge is 0.302 e. The molecular weight excluding hydrogens is 210 g/mol. The average Bonchev–Trinajstić information content (AvgIpc) is 2.47. The summed E-state index contributed by atoms with van der Waals surface area (Å²) in [7, 11) is 0. The highest BCUT2D eigenvalue weighted by Crippen LogP contribution is 2.63. The lowest BCUT2D eigenvalue weighted by atomic mass is 9.68. The molecule has 2 heteroatoms. The van der Waals surface area contributed by atoms with E-state index in [1.807, 2.05) is 0 Å². The molecule has 4 atom stereocenters. The van der Waals surface area contributed by atoms with E-state index in [9.17, 15) is 4.79 Å². The van der Waals surface area contributed by atoms with Crippen LogP contribution in [0.15, 0.2) is 0 Å². The van der Waals surface area contributed by atoms with Gasteiger partial charge in [0.25, 0.3) is 0 Å². The zero-order valence-electron chi connectivity index (χ0n) is 12.3. The van der Waals surface area contributed by atoms with E-state index >= 15 is 0 Å². The average molecular weight is 237 g/mol. The Morgan fingerprint density at radius 3 is 2.12 bits per heavy atom. The first kappa shape index (κ1) is 13.1. The lowest BCUT2D eigenvalue weighted by Crippen LogP contribution is -2.52. The van der Waals surface area contributed by atoms with E-state index in [4.69, 9.17) is 0 Å². The van der Waals surface area contributed by atoms with Gasteiger partial charge in [-0.25, -0.2) is 0 Å². The van der Waals surface area contributed by atoms with E-state index in [2.05, 4.69) is 46.9 Å². The molecule has 2 aliphatic rings. The minimum absolute atomic E-state index is 0.242. The SMILES string of the molecule is CC(=O)C1(C)NC(C)C2C1C(C)(C)CC2(C)C. The molecular formula is C15H27NO. The van der Waals surface area contributed by atoms with E-state index in [0.29, 0.717) is 29.1 Å². The van der Waals surface area contributed by atoms with Crippen molar-refractivity contribution in [2.24, 2.45) is 22.7 Å². The summed E-state index contributed by atoms with van der Waals surface area (Å²) in [6.07, 6.45) is 1.21. The smallest absolute Gasteiger partial charge is 0.149 e. The van der Waals surface area contributed by atoms with Crippen molar-refractivity contribution in [3.63, 3.8) is 0 Å². The first-order valence-corrected chi connectivity index (χ1v) is 6.81. The third-order valence-corrected chi connectivity index (χ3v) is 5.43. The summed E-state index contributed by atoms with van der Waals surface area (Å²) in [5, 5.41) is 3.59. The van der Waals surface area contributed by atoms with Crippen molar-refractivity contribution in [2.75, 3.05) is 0 Å². The van der Waals surface area contributed by atoms with Gasteiger partial charge < -0.3 is 5.32 Å². The van der Waals surface area contributed by atoms with Crippen molar-refractivity contribution in [1.82, 2.24) is 5.32 Å². The van der Waals surface area contributed by atoms with Gasteiger partial charge in [0.15, 0.2) is 0 Å². The fourth-order valence-corrected chi connectivity index (χ4v) is 5.42. The Hall–Kier alpha value is -0.370. The van der Waals surface area contributed by atoms with Crippen LogP contribution in [0.25, 0.3) is 0 Å². The molecule has 1 saturated heterocycles. The second-order valence-electron chi connectivity index (χ2n) is 7.85. The van der Waals surface area contributed by atoms with Crippen molar-refractivity contribution in [3.8, 4) is 0 Å². The standard InChI is InChI=1S/C15H27NO/c1-9-11-12(15(7,16-9)10(2)17)14(5,6)8-13(11,3)4/h9,11-12,16H,8H2,1-7H3. The maximum Gasteiger partial charge on any atom is 0.149 e. The molecule has 1 aliphatic carbocycles. The monoisotopic (exact) mass is 237 g/mol. The normalized spacial score (nSPS) is 46.9. The maximum atomic E-state index is 12.1. The molecule has 0 aromatic carbocycles. The van der Waals surface area contributed by atoms with E-state index in [1.54, 1.807) is 6.92 Å². The Bertz CT molecular complexity index is 358. The molecule has 1 aliphatic heterocycles. The molecule has 2 nitrogen and oxygen atoms in total. The second kappa shape index (κ2) is 3.34. The van der Waals surface area contributed by atoms with Crippen LogP contribution in [-0.2, 0) is 4.79 Å². The van der Waals surface area contributed by atoms with Gasteiger partial charge in [0.05, 0.1) is 5.54 Å². The van der Waals surface area contributed by atoms with Crippen molar-refractivity contribution in [3.05, 3.63) is 0 Å². The number of rotatable bonds is 1. The van der Waals surface area contributed by atoms with Gasteiger partial charge in [-0.2, -0.15) is 0 Å². The second-order valence-corrected chi connectivity index (χ2v) is 7.85. The van der Waals surface area contributed by atoms with Crippen LogP contribution in [0.2, 0.25) is 0 Å². The summed E-state index contributed by atoms with van der Waals surface area (Å²) >= 11 is 0. The third-order valence-electron chi connectivity index (χ3n) is 5.43. The van der Waals surface area contributed by atoms with Crippen molar-refractivity contribution in [2.45, 2.75) is 66.5 Å². The van der Waals surface area contributed by atoms with Gasteiger partial charge in [0, 0.05) is 6.04 Å². The minimum atomic E-state index is -0.332. The van der Waals surface area contributed by atoms with Crippen LogP contribution >= 0.6 is 0 Å². The van der Waals surface area contributed by atoms with Crippen LogP contribution in [0.1, 0.15) is 54.9 Å². The number of hydrogen-bond donors (Lipinski definition) is 1. The molecule has 0 bridgehead atoms. The van der Waals surface area contributed by atoms with Gasteiger partial charge >= 0.3 is 0 Å². The fraction of sp³-hybridized carbons (Fsp3) is 0.933. The van der Waals surface area contributed by atoms with E-state index in [-0.39, 0.29) is 11.0 Å². The summed E-state index contributed by atoms with van der Waals surface area (Å²) < 4.78 is 0. The predicted molar refractivity (Wildman–Crippen MR) is 70.8 cm³/mol. The molecule has 98 valence electrons. The zero-order valence-corrected chi connectivity index (χ0v) is 12.3. The maximum absolute atomic E-state index is 12.1. The Morgan fingerprint density at radius 1 is 1.12 bits per heavy atom. The van der Waals surface area contributed by atoms with E-state index in [0.717, 1.165) is 0 Å². The van der Waals surface area contributed by atoms with Gasteiger partial charge in [-0.3, -0.25) is 4.79 Å². The highest BCUT2D eigenvalue weighted by molar-refractivity contribution is 5.87. The van der Waals surface area contributed by atoms with Gasteiger partial charge in [0.2, 0.25) is 0 Å². The minimum Gasteiger partial charge on any atom is -0.302 e. The first-order chi connectivity index (χ1) is 7.52. The van der Waals surface area contributed by atoms with E-state index in [1.165, 1.54) is 6.42 Å². The summed E-state index contributed by atoms with van der Waals surface area (Å²) in [6, 6.07) is 0.436. The van der Waals surface area contributed by atoms with Crippen LogP contribution in [-0.4, -0.2) is 17.4 Å². The van der Waals surface area contributed by atoms with Gasteiger partial charge in [0.1, 0.15) is 5.78 Å². The number of fused-ring (bicyclic) bond motifs is 1. The molecule has 1 saturated carbocycles. The number of carbonyl (C=O) groups excluding carboxylic acids is 1. The Labute approximate surface area is 106 Å². The molecule has 2 rings (SSSR count). The van der Waals surface area contributed by atoms with Crippen molar-refractivity contribution in [1.29, 1.82) is 0 Å². The van der Waals surface area contributed by atoms with Crippen LogP contribution in [0.4, 0.5) is 0 Å². The Morgan fingerprint density at radius 2 is 1.65 bits per heavy atom. The fourth-order valence-electron chi connectivity index (χ4n) is 5.42.